The normalized spacial score (nSPS) is 24.8. The molecule has 2 heterocycles. The molecule has 1 aromatic heterocycles. The van der Waals surface area contributed by atoms with Crippen LogP contribution in [0.15, 0.2) is 10.5 Å². The SMILES string of the molecule is C[C@H]1CCC[C@H](C)C1=NNC(=O)Cc1csc(N2CCOCC2)n1. The lowest BCUT2D eigenvalue weighted by atomic mass is 9.81. The number of nitrogens with zero attached hydrogens (tertiary/aromatic N) is 3. The third-order valence-corrected chi connectivity index (χ3v) is 5.71. The van der Waals surface area contributed by atoms with E-state index in [-0.39, 0.29) is 12.3 Å². The number of morpholine rings is 1. The van der Waals surface area contributed by atoms with Gasteiger partial charge >= 0.3 is 0 Å². The van der Waals surface area contributed by atoms with Gasteiger partial charge in [0.25, 0.3) is 0 Å². The van der Waals surface area contributed by atoms with Crippen molar-refractivity contribution < 1.29 is 9.53 Å². The maximum absolute atomic E-state index is 12.2. The van der Waals surface area contributed by atoms with Crippen molar-refractivity contribution in [1.82, 2.24) is 10.4 Å². The predicted octanol–water partition coefficient (Wildman–Crippen LogP) is 2.45. The predicted molar refractivity (Wildman–Crippen MR) is 96.6 cm³/mol. The summed E-state index contributed by atoms with van der Waals surface area (Å²) in [7, 11) is 0. The molecule has 0 bridgehead atoms. The minimum absolute atomic E-state index is 0.0914. The first-order chi connectivity index (χ1) is 11.6. The minimum atomic E-state index is -0.0914. The summed E-state index contributed by atoms with van der Waals surface area (Å²) >= 11 is 1.59. The summed E-state index contributed by atoms with van der Waals surface area (Å²) < 4.78 is 5.36. The number of hydrazone groups is 1. The Labute approximate surface area is 147 Å². The summed E-state index contributed by atoms with van der Waals surface area (Å²) in [4.78, 5) is 19.0. The van der Waals surface area contributed by atoms with Crippen molar-refractivity contribution in [2.75, 3.05) is 31.2 Å². The molecular formula is C17H26N4O2S. The van der Waals surface area contributed by atoms with Crippen molar-refractivity contribution in [2.45, 2.75) is 39.5 Å². The zero-order valence-electron chi connectivity index (χ0n) is 14.5. The lowest BCUT2D eigenvalue weighted by molar-refractivity contribution is -0.120. The molecule has 1 aliphatic carbocycles. The summed E-state index contributed by atoms with van der Waals surface area (Å²) in [6.07, 6.45) is 3.85. The Morgan fingerprint density at radius 3 is 2.79 bits per heavy atom. The minimum Gasteiger partial charge on any atom is -0.378 e. The fourth-order valence-electron chi connectivity index (χ4n) is 3.34. The van der Waals surface area contributed by atoms with Crippen LogP contribution in [-0.2, 0) is 16.0 Å². The van der Waals surface area contributed by atoms with Gasteiger partial charge in [-0.25, -0.2) is 10.4 Å². The largest absolute Gasteiger partial charge is 0.378 e. The van der Waals surface area contributed by atoms with Crippen LogP contribution in [-0.4, -0.2) is 42.9 Å². The quantitative estimate of drug-likeness (QED) is 0.847. The number of thiazole rings is 1. The standard InChI is InChI=1S/C17H26N4O2S/c1-12-4-3-5-13(2)16(12)20-19-15(22)10-14-11-24-17(18-14)21-6-8-23-9-7-21/h11-13H,3-10H2,1-2H3,(H,19,22)/t12-,13-/m0/s1. The fraction of sp³-hybridized carbons (Fsp3) is 0.706. The van der Waals surface area contributed by atoms with Crippen LogP contribution in [0.4, 0.5) is 5.13 Å². The summed E-state index contributed by atoms with van der Waals surface area (Å²) in [5, 5.41) is 7.34. The van der Waals surface area contributed by atoms with Gasteiger partial charge in [0.1, 0.15) is 0 Å². The molecule has 1 N–H and O–H groups in total. The van der Waals surface area contributed by atoms with E-state index in [9.17, 15) is 4.79 Å². The van der Waals surface area contributed by atoms with Crippen LogP contribution < -0.4 is 10.3 Å². The van der Waals surface area contributed by atoms with Crippen LogP contribution >= 0.6 is 11.3 Å². The highest BCUT2D eigenvalue weighted by Gasteiger charge is 2.23. The Morgan fingerprint density at radius 2 is 2.08 bits per heavy atom. The molecule has 0 unspecified atom stereocenters. The van der Waals surface area contributed by atoms with Crippen LogP contribution in [0.3, 0.4) is 0 Å². The third-order valence-electron chi connectivity index (χ3n) is 4.76. The zero-order chi connectivity index (χ0) is 16.9. The van der Waals surface area contributed by atoms with Crippen LogP contribution in [0, 0.1) is 11.8 Å². The van der Waals surface area contributed by atoms with Crippen molar-refractivity contribution in [2.24, 2.45) is 16.9 Å². The first-order valence-corrected chi connectivity index (χ1v) is 9.65. The highest BCUT2D eigenvalue weighted by atomic mass is 32.1. The molecule has 1 aliphatic heterocycles. The Kier molecular flexibility index (Phi) is 5.84. The lowest BCUT2D eigenvalue weighted by Gasteiger charge is -2.26. The first kappa shape index (κ1) is 17.4. The number of rotatable bonds is 4. The van der Waals surface area contributed by atoms with Crippen LogP contribution in [0.1, 0.15) is 38.8 Å². The molecule has 0 spiro atoms. The number of hydrogen-bond donors (Lipinski definition) is 1. The monoisotopic (exact) mass is 350 g/mol. The Morgan fingerprint density at radius 1 is 1.38 bits per heavy atom. The Hall–Kier alpha value is -1.47. The molecule has 2 aliphatic rings. The van der Waals surface area contributed by atoms with Crippen LogP contribution in [0.25, 0.3) is 0 Å². The molecule has 132 valence electrons. The number of nitrogens with one attached hydrogen (secondary N) is 1. The summed E-state index contributed by atoms with van der Waals surface area (Å²) in [5.74, 6) is 0.828. The van der Waals surface area contributed by atoms with E-state index in [2.05, 4.69) is 34.3 Å². The van der Waals surface area contributed by atoms with E-state index < -0.39 is 0 Å². The second-order valence-electron chi connectivity index (χ2n) is 6.70. The maximum Gasteiger partial charge on any atom is 0.246 e. The van der Waals surface area contributed by atoms with Gasteiger partial charge in [0.15, 0.2) is 5.13 Å². The van der Waals surface area contributed by atoms with Gasteiger partial charge in [0, 0.05) is 24.2 Å². The molecule has 24 heavy (non-hydrogen) atoms. The number of ether oxygens (including phenoxy) is 1. The molecule has 6 nitrogen and oxygen atoms in total. The summed E-state index contributed by atoms with van der Waals surface area (Å²) in [6, 6.07) is 0. The third kappa shape index (κ3) is 4.33. The zero-order valence-corrected chi connectivity index (χ0v) is 15.3. The van der Waals surface area contributed by atoms with E-state index in [1.165, 1.54) is 6.42 Å². The number of hydrogen-bond acceptors (Lipinski definition) is 6. The van der Waals surface area contributed by atoms with Crippen molar-refractivity contribution >= 4 is 28.1 Å². The number of anilines is 1. The Bertz CT molecular complexity index is 583. The van der Waals surface area contributed by atoms with Gasteiger partial charge in [0.05, 0.1) is 25.3 Å². The topological polar surface area (TPSA) is 66.8 Å². The van der Waals surface area contributed by atoms with Gasteiger partial charge < -0.3 is 9.64 Å². The number of amides is 1. The van der Waals surface area contributed by atoms with Gasteiger partial charge in [-0.15, -0.1) is 11.3 Å². The van der Waals surface area contributed by atoms with E-state index in [1.54, 1.807) is 11.3 Å². The van der Waals surface area contributed by atoms with Gasteiger partial charge in [-0.3, -0.25) is 4.79 Å². The van der Waals surface area contributed by atoms with Crippen LogP contribution in [0.2, 0.25) is 0 Å². The van der Waals surface area contributed by atoms with Gasteiger partial charge in [-0.1, -0.05) is 20.3 Å². The van der Waals surface area contributed by atoms with Crippen molar-refractivity contribution in [3.8, 4) is 0 Å². The highest BCUT2D eigenvalue weighted by Crippen LogP contribution is 2.26. The summed E-state index contributed by atoms with van der Waals surface area (Å²) in [6.45, 7) is 7.59. The van der Waals surface area contributed by atoms with Crippen LogP contribution in [0.5, 0.6) is 0 Å². The number of carbonyl (C=O) groups excluding carboxylic acids is 1. The second kappa shape index (κ2) is 8.07. The van der Waals surface area contributed by atoms with Crippen molar-refractivity contribution in [3.05, 3.63) is 11.1 Å². The van der Waals surface area contributed by atoms with Crippen molar-refractivity contribution in [1.29, 1.82) is 0 Å². The maximum atomic E-state index is 12.2. The highest BCUT2D eigenvalue weighted by molar-refractivity contribution is 7.13. The average Bonchev–Trinajstić information content (AvgIpc) is 3.03. The first-order valence-electron chi connectivity index (χ1n) is 8.77. The number of carbonyl (C=O) groups is 1. The van der Waals surface area contributed by atoms with E-state index in [1.807, 2.05) is 5.38 Å². The fourth-order valence-corrected chi connectivity index (χ4v) is 4.22. The van der Waals surface area contributed by atoms with E-state index in [0.717, 1.165) is 55.7 Å². The average molecular weight is 350 g/mol. The molecule has 2 fully saturated rings. The summed E-state index contributed by atoms with van der Waals surface area (Å²) in [5.41, 5.74) is 4.67. The molecule has 1 saturated heterocycles. The molecule has 0 radical (unpaired) electrons. The molecule has 7 heteroatoms. The molecule has 1 aromatic rings. The number of aromatic nitrogens is 1. The van der Waals surface area contributed by atoms with E-state index in [4.69, 9.17) is 4.74 Å². The van der Waals surface area contributed by atoms with E-state index >= 15 is 0 Å². The van der Waals surface area contributed by atoms with E-state index in [0.29, 0.717) is 11.8 Å². The van der Waals surface area contributed by atoms with Gasteiger partial charge in [-0.05, 0) is 24.7 Å². The molecule has 2 atom stereocenters. The Balaban J connectivity index is 1.54. The molecule has 0 aromatic carbocycles. The second-order valence-corrected chi connectivity index (χ2v) is 7.54. The van der Waals surface area contributed by atoms with Gasteiger partial charge in [-0.2, -0.15) is 5.10 Å². The lowest BCUT2D eigenvalue weighted by Crippen LogP contribution is -2.36. The van der Waals surface area contributed by atoms with Crippen molar-refractivity contribution in [3.63, 3.8) is 0 Å². The molecule has 3 rings (SSSR count). The van der Waals surface area contributed by atoms with Gasteiger partial charge in [0.2, 0.25) is 5.91 Å². The molecule has 1 amide bonds. The molecular weight excluding hydrogens is 324 g/mol. The smallest absolute Gasteiger partial charge is 0.246 e. The molecule has 1 saturated carbocycles.